The molecule has 24 heavy (non-hydrogen) atoms. The topological polar surface area (TPSA) is 103 Å². The van der Waals surface area contributed by atoms with Crippen LogP contribution in [0.5, 0.6) is 5.75 Å². The second kappa shape index (κ2) is 9.24. The number of halogens is 1. The van der Waals surface area contributed by atoms with Gasteiger partial charge in [-0.2, -0.15) is 4.98 Å². The highest BCUT2D eigenvalue weighted by Crippen LogP contribution is 2.13. The first kappa shape index (κ1) is 19.9. The quantitative estimate of drug-likeness (QED) is 0.784. The van der Waals surface area contributed by atoms with Gasteiger partial charge in [-0.1, -0.05) is 31.1 Å². The van der Waals surface area contributed by atoms with Gasteiger partial charge in [0, 0.05) is 6.42 Å². The van der Waals surface area contributed by atoms with Crippen molar-refractivity contribution in [2.75, 3.05) is 7.11 Å². The van der Waals surface area contributed by atoms with Crippen molar-refractivity contribution in [3.8, 4) is 5.75 Å². The van der Waals surface area contributed by atoms with E-state index in [1.807, 2.05) is 38.1 Å². The van der Waals surface area contributed by atoms with Gasteiger partial charge in [0.2, 0.25) is 11.8 Å². The van der Waals surface area contributed by atoms with E-state index >= 15 is 0 Å². The third-order valence-corrected chi connectivity index (χ3v) is 3.47. The number of hydrogen-bond acceptors (Lipinski definition) is 6. The molecule has 0 fully saturated rings. The largest absolute Gasteiger partial charge is 0.497 e. The fourth-order valence-corrected chi connectivity index (χ4v) is 1.94. The number of benzene rings is 1. The number of ether oxygens (including phenoxy) is 1. The maximum atomic E-state index is 11.8. The average Bonchev–Trinajstić information content (AvgIpc) is 3.00. The van der Waals surface area contributed by atoms with Gasteiger partial charge in [0.1, 0.15) is 5.75 Å². The van der Waals surface area contributed by atoms with Crippen molar-refractivity contribution >= 4 is 18.3 Å². The second-order valence-corrected chi connectivity index (χ2v) is 5.62. The van der Waals surface area contributed by atoms with E-state index in [0.29, 0.717) is 18.1 Å². The summed E-state index contributed by atoms with van der Waals surface area (Å²) in [6, 6.07) is 7.10. The van der Waals surface area contributed by atoms with Crippen LogP contribution < -0.4 is 15.8 Å². The van der Waals surface area contributed by atoms with Crippen molar-refractivity contribution in [1.29, 1.82) is 0 Å². The Kier molecular flexibility index (Phi) is 7.67. The van der Waals surface area contributed by atoms with E-state index in [1.165, 1.54) is 0 Å². The zero-order chi connectivity index (χ0) is 16.8. The van der Waals surface area contributed by atoms with E-state index in [1.54, 1.807) is 7.11 Å². The zero-order valence-corrected chi connectivity index (χ0v) is 14.8. The first-order valence-corrected chi connectivity index (χ1v) is 7.47. The normalized spacial score (nSPS) is 11.7. The predicted molar refractivity (Wildman–Crippen MR) is 92.0 cm³/mol. The molecule has 0 radical (unpaired) electrons. The summed E-state index contributed by atoms with van der Waals surface area (Å²) in [6.45, 7) is 3.96. The van der Waals surface area contributed by atoms with Crippen LogP contribution in [0.1, 0.15) is 31.1 Å². The summed E-state index contributed by atoms with van der Waals surface area (Å²) in [5.41, 5.74) is 6.81. The van der Waals surface area contributed by atoms with Crippen molar-refractivity contribution < 1.29 is 14.1 Å². The van der Waals surface area contributed by atoms with E-state index in [9.17, 15) is 4.79 Å². The Morgan fingerprint density at radius 3 is 2.58 bits per heavy atom. The molecule has 1 amide bonds. The van der Waals surface area contributed by atoms with Gasteiger partial charge in [0.25, 0.3) is 0 Å². The minimum Gasteiger partial charge on any atom is -0.497 e. The number of carbonyl (C=O) groups excluding carboxylic acids is 1. The molecule has 0 aliphatic heterocycles. The minimum absolute atomic E-state index is 0. The summed E-state index contributed by atoms with van der Waals surface area (Å²) < 4.78 is 10.2. The van der Waals surface area contributed by atoms with Gasteiger partial charge in [-0.15, -0.1) is 12.4 Å². The molecule has 1 aromatic carbocycles. The molecule has 132 valence electrons. The highest BCUT2D eigenvalue weighted by Gasteiger charge is 2.17. The molecule has 0 saturated carbocycles. The zero-order valence-electron chi connectivity index (χ0n) is 14.0. The van der Waals surface area contributed by atoms with Crippen molar-refractivity contribution in [1.82, 2.24) is 15.5 Å². The van der Waals surface area contributed by atoms with Crippen LogP contribution in [0.2, 0.25) is 0 Å². The summed E-state index contributed by atoms with van der Waals surface area (Å²) >= 11 is 0. The number of carbonyl (C=O) groups is 1. The Labute approximate surface area is 147 Å². The molecular weight excluding hydrogens is 332 g/mol. The molecule has 0 bridgehead atoms. The maximum absolute atomic E-state index is 11.8. The summed E-state index contributed by atoms with van der Waals surface area (Å²) in [7, 11) is 1.62. The van der Waals surface area contributed by atoms with Gasteiger partial charge in [-0.3, -0.25) is 4.79 Å². The average molecular weight is 355 g/mol. The lowest BCUT2D eigenvalue weighted by molar-refractivity contribution is -0.123. The fraction of sp³-hybridized carbons (Fsp3) is 0.438. The van der Waals surface area contributed by atoms with Crippen LogP contribution in [-0.4, -0.2) is 29.2 Å². The third kappa shape index (κ3) is 5.50. The van der Waals surface area contributed by atoms with Crippen molar-refractivity contribution in [3.05, 3.63) is 41.5 Å². The van der Waals surface area contributed by atoms with Crippen LogP contribution >= 0.6 is 12.4 Å². The van der Waals surface area contributed by atoms with Gasteiger partial charge >= 0.3 is 0 Å². The molecule has 0 aliphatic rings. The van der Waals surface area contributed by atoms with E-state index in [2.05, 4.69) is 15.5 Å². The first-order chi connectivity index (χ1) is 11.0. The molecule has 0 unspecified atom stereocenters. The number of hydrogen-bond donors (Lipinski definition) is 2. The van der Waals surface area contributed by atoms with Crippen LogP contribution in [0.4, 0.5) is 0 Å². The lowest BCUT2D eigenvalue weighted by atomic mass is 10.1. The minimum atomic E-state index is -0.545. The van der Waals surface area contributed by atoms with E-state index in [4.69, 9.17) is 15.0 Å². The number of nitrogens with zero attached hydrogens (tertiary/aromatic N) is 2. The lowest BCUT2D eigenvalue weighted by Gasteiger charge is -2.14. The van der Waals surface area contributed by atoms with E-state index < -0.39 is 6.04 Å². The number of nitrogens with one attached hydrogen (secondary N) is 1. The van der Waals surface area contributed by atoms with Crippen molar-refractivity contribution in [2.45, 2.75) is 32.9 Å². The van der Waals surface area contributed by atoms with E-state index in [0.717, 1.165) is 11.3 Å². The highest BCUT2D eigenvalue weighted by molar-refractivity contribution is 5.85. The van der Waals surface area contributed by atoms with Gasteiger partial charge < -0.3 is 20.3 Å². The SMILES string of the molecule is COc1ccc(Cc2noc(CNC(=O)[C@@H](N)C(C)C)n2)cc1.Cl. The standard InChI is InChI=1S/C16H22N4O3.ClH/c1-10(2)15(17)16(21)18-9-14-19-13(20-23-14)8-11-4-6-12(22-3)7-5-11;/h4-7,10,15H,8-9,17H2,1-3H3,(H,18,21);1H/t15-;/m0./s1. The van der Waals surface area contributed by atoms with E-state index in [-0.39, 0.29) is 30.8 Å². The lowest BCUT2D eigenvalue weighted by Crippen LogP contribution is -2.43. The van der Waals surface area contributed by atoms with Crippen LogP contribution in [0.15, 0.2) is 28.8 Å². The van der Waals surface area contributed by atoms with Gasteiger partial charge in [0.05, 0.1) is 19.7 Å². The molecule has 2 rings (SSSR count). The van der Waals surface area contributed by atoms with Gasteiger partial charge in [0.15, 0.2) is 5.82 Å². The predicted octanol–water partition coefficient (Wildman–Crippen LogP) is 1.69. The molecule has 0 spiro atoms. The number of aromatic nitrogens is 2. The maximum Gasteiger partial charge on any atom is 0.246 e. The first-order valence-electron chi connectivity index (χ1n) is 7.47. The monoisotopic (exact) mass is 354 g/mol. The Morgan fingerprint density at radius 2 is 2.00 bits per heavy atom. The summed E-state index contributed by atoms with van der Waals surface area (Å²) in [5.74, 6) is 1.57. The van der Waals surface area contributed by atoms with Crippen LogP contribution in [-0.2, 0) is 17.8 Å². The van der Waals surface area contributed by atoms with Crippen LogP contribution in [0.25, 0.3) is 0 Å². The van der Waals surface area contributed by atoms with Crippen LogP contribution in [0.3, 0.4) is 0 Å². The Morgan fingerprint density at radius 1 is 1.33 bits per heavy atom. The number of rotatable bonds is 7. The Hall–Kier alpha value is -2.12. The number of amides is 1. The molecule has 3 N–H and O–H groups in total. The summed E-state index contributed by atoms with van der Waals surface area (Å²) in [6.07, 6.45) is 0.549. The molecular formula is C16H23ClN4O3. The smallest absolute Gasteiger partial charge is 0.246 e. The van der Waals surface area contributed by atoms with Crippen molar-refractivity contribution in [2.24, 2.45) is 11.7 Å². The molecule has 1 aromatic heterocycles. The molecule has 0 saturated heterocycles. The second-order valence-electron chi connectivity index (χ2n) is 5.62. The molecule has 0 aliphatic carbocycles. The molecule has 7 nitrogen and oxygen atoms in total. The summed E-state index contributed by atoms with van der Waals surface area (Å²) in [5, 5.41) is 6.61. The van der Waals surface area contributed by atoms with Gasteiger partial charge in [-0.25, -0.2) is 0 Å². The Bertz CT molecular complexity index is 643. The van der Waals surface area contributed by atoms with Crippen LogP contribution in [0, 0.1) is 5.92 Å². The highest BCUT2D eigenvalue weighted by atomic mass is 35.5. The Balaban J connectivity index is 0.00000288. The molecule has 1 heterocycles. The third-order valence-electron chi connectivity index (χ3n) is 3.47. The van der Waals surface area contributed by atoms with Gasteiger partial charge in [-0.05, 0) is 23.6 Å². The number of nitrogens with two attached hydrogens (primary N) is 1. The fourth-order valence-electron chi connectivity index (χ4n) is 1.94. The summed E-state index contributed by atoms with van der Waals surface area (Å²) in [4.78, 5) is 16.0. The van der Waals surface area contributed by atoms with Crippen molar-refractivity contribution in [3.63, 3.8) is 0 Å². The molecule has 2 aromatic rings. The molecule has 1 atom stereocenters. The number of methoxy groups -OCH3 is 1. The molecule has 8 heteroatoms.